The molecule has 0 aliphatic rings. The molecule has 0 saturated heterocycles. The maximum atomic E-state index is 13.0. The molecule has 3 rings (SSSR count). The summed E-state index contributed by atoms with van der Waals surface area (Å²) in [6.07, 6.45) is -4.18. The number of benzene rings is 1. The number of carbonyl (C=O) groups is 2. The molecule has 33 heavy (non-hydrogen) atoms. The van der Waals surface area contributed by atoms with Crippen molar-refractivity contribution in [2.75, 3.05) is 11.2 Å². The third kappa shape index (κ3) is 6.32. The van der Waals surface area contributed by atoms with Crippen LogP contribution >= 0.6 is 23.1 Å². The number of anilines is 1. The first kappa shape index (κ1) is 24.7. The molecule has 0 saturated carbocycles. The van der Waals surface area contributed by atoms with Crippen LogP contribution in [0.4, 0.5) is 18.3 Å². The number of halogens is 4. The number of carbonyl (C=O) groups excluding carboxylic acids is 2. The fourth-order valence-electron chi connectivity index (χ4n) is 3.09. The molecule has 2 aromatic heterocycles. The van der Waals surface area contributed by atoms with E-state index in [1.54, 1.807) is 20.8 Å². The van der Waals surface area contributed by atoms with E-state index in [1.165, 1.54) is 18.2 Å². The van der Waals surface area contributed by atoms with Gasteiger partial charge < -0.3 is 9.73 Å². The van der Waals surface area contributed by atoms with Crippen LogP contribution < -0.4 is 10.6 Å². The Labute approximate surface area is 196 Å². The van der Waals surface area contributed by atoms with E-state index in [1.807, 2.05) is 0 Å². The second kappa shape index (κ2) is 9.52. The van der Waals surface area contributed by atoms with Crippen LogP contribution in [0.25, 0.3) is 11.3 Å². The molecular weight excluding hydrogens is 481 g/mol. The number of hydrogen-bond acceptors (Lipinski definition) is 6. The van der Waals surface area contributed by atoms with Crippen LogP contribution in [0.5, 0.6) is 0 Å². The summed E-state index contributed by atoms with van der Waals surface area (Å²) in [7, 11) is 0. The van der Waals surface area contributed by atoms with Crippen molar-refractivity contribution in [3.8, 4) is 11.3 Å². The monoisotopic (exact) mass is 500 g/mol. The number of alkyl halides is 4. The highest BCUT2D eigenvalue weighted by Crippen LogP contribution is 2.33. The summed E-state index contributed by atoms with van der Waals surface area (Å²) < 4.78 is 48.7. The molecule has 3 aromatic rings. The normalized spacial score (nSPS) is 12.0. The average molecular weight is 501 g/mol. The molecule has 0 atom stereocenters. The zero-order valence-corrected chi connectivity index (χ0v) is 19.4. The van der Waals surface area contributed by atoms with E-state index in [0.29, 0.717) is 12.2 Å². The molecule has 0 radical (unpaired) electrons. The summed E-state index contributed by atoms with van der Waals surface area (Å²) in [6, 6.07) is 6.05. The van der Waals surface area contributed by atoms with Gasteiger partial charge in [-0.25, -0.2) is 4.98 Å². The van der Waals surface area contributed by atoms with E-state index < -0.39 is 23.2 Å². The number of furan rings is 1. The van der Waals surface area contributed by atoms with Crippen LogP contribution in [0.2, 0.25) is 0 Å². The van der Waals surface area contributed by atoms with Gasteiger partial charge in [-0.1, -0.05) is 12.1 Å². The summed E-state index contributed by atoms with van der Waals surface area (Å²) in [4.78, 5) is 28.5. The van der Waals surface area contributed by atoms with Crippen molar-refractivity contribution in [2.24, 2.45) is 0 Å². The Morgan fingerprint density at radius 2 is 1.94 bits per heavy atom. The van der Waals surface area contributed by atoms with E-state index >= 15 is 0 Å². The summed E-state index contributed by atoms with van der Waals surface area (Å²) in [6.45, 7) is 5.13. The van der Waals surface area contributed by atoms with Gasteiger partial charge in [-0.15, -0.1) is 11.6 Å². The topological polar surface area (TPSA) is 97.1 Å². The standard InChI is InChI=1S/C21H20ClF3N4O3S/c1-11-14(8-15(32-11)12-5-4-6-13(7-12)21(23,24)25)18(31)27-19-26-16(29-33-19)9-20(2,3)28-17(30)10-22/h4-8H,9-10H2,1-3H3,(H,28,30)(H,26,27,29,31). The number of nitrogens with one attached hydrogen (secondary N) is 2. The Morgan fingerprint density at radius 3 is 2.61 bits per heavy atom. The average Bonchev–Trinajstić information content (AvgIpc) is 3.32. The first-order valence-corrected chi connectivity index (χ1v) is 11.0. The molecule has 12 heteroatoms. The number of rotatable bonds is 7. The molecular formula is C21H20ClF3N4O3S. The Hall–Kier alpha value is -2.92. The number of nitrogens with zero attached hydrogens (tertiary/aromatic N) is 2. The van der Waals surface area contributed by atoms with Crippen LogP contribution in [-0.4, -0.2) is 32.6 Å². The minimum atomic E-state index is -4.49. The summed E-state index contributed by atoms with van der Waals surface area (Å²) in [5, 5.41) is 5.60. The molecule has 0 aliphatic heterocycles. The SMILES string of the molecule is Cc1oc(-c2cccc(C(F)(F)F)c2)cc1C(=O)Nc1nc(CC(C)(C)NC(=O)CCl)ns1. The van der Waals surface area contributed by atoms with Crippen molar-refractivity contribution in [1.82, 2.24) is 14.7 Å². The van der Waals surface area contributed by atoms with Crippen LogP contribution in [0.3, 0.4) is 0 Å². The third-order valence-corrected chi connectivity index (χ3v) is 5.44. The predicted octanol–water partition coefficient (Wildman–Crippen LogP) is 5.05. The molecule has 176 valence electrons. The summed E-state index contributed by atoms with van der Waals surface area (Å²) in [5.74, 6) is -0.219. The molecule has 2 amide bonds. The fourth-order valence-corrected chi connectivity index (χ4v) is 3.74. The van der Waals surface area contributed by atoms with Gasteiger partial charge in [-0.2, -0.15) is 17.5 Å². The highest BCUT2D eigenvalue weighted by Gasteiger charge is 2.31. The van der Waals surface area contributed by atoms with Gasteiger partial charge in [-0.3, -0.25) is 14.9 Å². The lowest BCUT2D eigenvalue weighted by atomic mass is 10.0. The Kier molecular flexibility index (Phi) is 7.13. The van der Waals surface area contributed by atoms with Crippen LogP contribution in [0, 0.1) is 6.92 Å². The van der Waals surface area contributed by atoms with E-state index in [0.717, 1.165) is 23.7 Å². The van der Waals surface area contributed by atoms with Gasteiger partial charge in [-0.05, 0) is 39.0 Å². The van der Waals surface area contributed by atoms with E-state index in [2.05, 4.69) is 20.0 Å². The largest absolute Gasteiger partial charge is 0.461 e. The van der Waals surface area contributed by atoms with Crippen molar-refractivity contribution < 1.29 is 27.2 Å². The van der Waals surface area contributed by atoms with Crippen LogP contribution in [0.15, 0.2) is 34.7 Å². The summed E-state index contributed by atoms with van der Waals surface area (Å²) >= 11 is 6.48. The maximum absolute atomic E-state index is 13.0. The fraction of sp³-hybridized carbons (Fsp3) is 0.333. The van der Waals surface area contributed by atoms with Gasteiger partial charge in [0.05, 0.1) is 11.1 Å². The number of amides is 2. The molecule has 0 fully saturated rings. The highest BCUT2D eigenvalue weighted by molar-refractivity contribution is 7.09. The van der Waals surface area contributed by atoms with Crippen molar-refractivity contribution in [1.29, 1.82) is 0 Å². The molecule has 2 heterocycles. The zero-order valence-electron chi connectivity index (χ0n) is 17.8. The van der Waals surface area contributed by atoms with E-state index in [9.17, 15) is 22.8 Å². The van der Waals surface area contributed by atoms with Crippen molar-refractivity contribution >= 4 is 40.1 Å². The molecule has 0 spiro atoms. The molecule has 7 nitrogen and oxygen atoms in total. The lowest BCUT2D eigenvalue weighted by molar-refractivity contribution is -0.137. The Balaban J connectivity index is 1.72. The number of aromatic nitrogens is 2. The molecule has 0 unspecified atom stereocenters. The number of hydrogen-bond donors (Lipinski definition) is 2. The zero-order chi connectivity index (χ0) is 24.4. The van der Waals surface area contributed by atoms with Crippen molar-refractivity contribution in [3.05, 3.63) is 53.0 Å². The second-order valence-electron chi connectivity index (χ2n) is 7.87. The first-order chi connectivity index (χ1) is 15.4. The lowest BCUT2D eigenvalue weighted by Gasteiger charge is -2.24. The smallest absolute Gasteiger partial charge is 0.416 e. The molecule has 2 N–H and O–H groups in total. The van der Waals surface area contributed by atoms with E-state index in [4.69, 9.17) is 16.0 Å². The first-order valence-electron chi connectivity index (χ1n) is 9.67. The van der Waals surface area contributed by atoms with E-state index in [-0.39, 0.29) is 39.6 Å². The van der Waals surface area contributed by atoms with Gasteiger partial charge in [0.1, 0.15) is 23.2 Å². The molecule has 1 aromatic carbocycles. The van der Waals surface area contributed by atoms with Crippen molar-refractivity contribution in [2.45, 2.75) is 38.9 Å². The minimum Gasteiger partial charge on any atom is -0.461 e. The van der Waals surface area contributed by atoms with Gasteiger partial charge in [0.2, 0.25) is 11.0 Å². The quantitative estimate of drug-likeness (QED) is 0.442. The van der Waals surface area contributed by atoms with Crippen LogP contribution in [-0.2, 0) is 17.4 Å². The minimum absolute atomic E-state index is 0.137. The summed E-state index contributed by atoms with van der Waals surface area (Å²) in [5.41, 5.74) is -1.10. The number of aryl methyl sites for hydroxylation is 1. The Bertz CT molecular complexity index is 1170. The Morgan fingerprint density at radius 1 is 1.21 bits per heavy atom. The highest BCUT2D eigenvalue weighted by atomic mass is 35.5. The maximum Gasteiger partial charge on any atom is 0.416 e. The molecule has 0 bridgehead atoms. The van der Waals surface area contributed by atoms with Crippen molar-refractivity contribution in [3.63, 3.8) is 0 Å². The predicted molar refractivity (Wildman–Crippen MR) is 118 cm³/mol. The van der Waals surface area contributed by atoms with Gasteiger partial charge in [0.25, 0.3) is 5.91 Å². The lowest BCUT2D eigenvalue weighted by Crippen LogP contribution is -2.45. The van der Waals surface area contributed by atoms with Crippen LogP contribution in [0.1, 0.15) is 41.4 Å². The van der Waals surface area contributed by atoms with Gasteiger partial charge >= 0.3 is 6.18 Å². The molecule has 0 aliphatic carbocycles. The van der Waals surface area contributed by atoms with Gasteiger partial charge in [0.15, 0.2) is 0 Å². The third-order valence-electron chi connectivity index (χ3n) is 4.52. The van der Waals surface area contributed by atoms with Gasteiger partial charge in [0, 0.05) is 29.1 Å². The second-order valence-corrected chi connectivity index (χ2v) is 8.89.